The zero-order valence-corrected chi connectivity index (χ0v) is 49.3. The van der Waals surface area contributed by atoms with E-state index in [-0.39, 0.29) is 18.9 Å². The van der Waals surface area contributed by atoms with Crippen LogP contribution in [0, 0.1) is 0 Å². The molecular formula is C61H115NO18. The first-order chi connectivity index (χ1) is 38.8. The smallest absolute Gasteiger partial charge is 0.220 e. The van der Waals surface area contributed by atoms with Gasteiger partial charge in [-0.3, -0.25) is 4.79 Å². The van der Waals surface area contributed by atoms with Crippen LogP contribution in [0.15, 0.2) is 12.2 Å². The Kier molecular flexibility index (Phi) is 40.9. The molecule has 3 aliphatic heterocycles. The lowest BCUT2D eigenvalue weighted by Crippen LogP contribution is -2.66. The number of hydrogen-bond donors (Lipinski definition) is 12. The molecule has 3 saturated heterocycles. The molecular weight excluding hydrogens is 1030 g/mol. The minimum Gasteiger partial charge on any atom is -0.394 e. The van der Waals surface area contributed by atoms with Gasteiger partial charge in [0.2, 0.25) is 5.91 Å². The Morgan fingerprint density at radius 1 is 0.438 bits per heavy atom. The van der Waals surface area contributed by atoms with Gasteiger partial charge in [-0.15, -0.1) is 0 Å². The standard InChI is InChI=1S/C61H115NO18/c1-3-5-7-9-11-12-13-14-15-16-17-18-19-20-21-22-23-24-25-26-27-28-29-30-31-33-35-37-39-49(67)62-44(45(66)38-36-34-32-10-8-6-4-2)43-75-59-55(73)52(70)57(47(41-64)77-59)80-61-56(74)53(71)58(48(42-65)78-61)79-60-54(72)51(69)50(68)46(40-63)76-60/h36,38,44-48,50-61,63-66,68-74H,3-35,37,39-43H2,1-2H3,(H,62,67)/b38-36+. The number of hydrogen-bond acceptors (Lipinski definition) is 18. The number of aliphatic hydroxyl groups is 11. The second-order valence-electron chi connectivity index (χ2n) is 23.2. The van der Waals surface area contributed by atoms with Crippen LogP contribution in [-0.2, 0) is 33.2 Å². The van der Waals surface area contributed by atoms with Gasteiger partial charge in [-0.2, -0.15) is 0 Å². The van der Waals surface area contributed by atoms with Crippen LogP contribution in [0.2, 0.25) is 0 Å². The largest absolute Gasteiger partial charge is 0.394 e. The van der Waals surface area contributed by atoms with Gasteiger partial charge in [0.25, 0.3) is 0 Å². The maximum Gasteiger partial charge on any atom is 0.220 e. The van der Waals surface area contributed by atoms with Crippen molar-refractivity contribution in [2.75, 3.05) is 26.4 Å². The fourth-order valence-corrected chi connectivity index (χ4v) is 11.1. The molecule has 0 radical (unpaired) electrons. The van der Waals surface area contributed by atoms with E-state index in [0.29, 0.717) is 6.42 Å². The third-order valence-electron chi connectivity index (χ3n) is 16.3. The van der Waals surface area contributed by atoms with Crippen molar-refractivity contribution in [2.24, 2.45) is 0 Å². The van der Waals surface area contributed by atoms with Crippen molar-refractivity contribution in [1.29, 1.82) is 0 Å². The first-order valence-electron chi connectivity index (χ1n) is 31.9. The van der Waals surface area contributed by atoms with Gasteiger partial charge in [0.05, 0.1) is 38.6 Å². The molecule has 0 aromatic carbocycles. The van der Waals surface area contributed by atoms with E-state index in [9.17, 15) is 61.0 Å². The molecule has 80 heavy (non-hydrogen) atoms. The van der Waals surface area contributed by atoms with Gasteiger partial charge >= 0.3 is 0 Å². The number of nitrogens with one attached hydrogen (secondary N) is 1. The van der Waals surface area contributed by atoms with Gasteiger partial charge in [0.15, 0.2) is 18.9 Å². The second-order valence-corrected chi connectivity index (χ2v) is 23.2. The third kappa shape index (κ3) is 28.2. The van der Waals surface area contributed by atoms with Crippen molar-refractivity contribution in [3.05, 3.63) is 12.2 Å². The summed E-state index contributed by atoms with van der Waals surface area (Å²) in [7, 11) is 0. The van der Waals surface area contributed by atoms with Crippen molar-refractivity contribution < 1.29 is 89.4 Å². The van der Waals surface area contributed by atoms with Crippen LogP contribution in [0.5, 0.6) is 0 Å². The molecule has 3 heterocycles. The summed E-state index contributed by atoms with van der Waals surface area (Å²) >= 11 is 0. The predicted molar refractivity (Wildman–Crippen MR) is 305 cm³/mol. The second kappa shape index (κ2) is 44.9. The minimum atomic E-state index is -1.97. The fraction of sp³-hybridized carbons (Fsp3) is 0.951. The topological polar surface area (TPSA) is 307 Å². The Balaban J connectivity index is 1.35. The zero-order valence-electron chi connectivity index (χ0n) is 49.3. The van der Waals surface area contributed by atoms with Crippen molar-refractivity contribution >= 4 is 5.91 Å². The van der Waals surface area contributed by atoms with Gasteiger partial charge < -0.3 is 89.9 Å². The lowest BCUT2D eigenvalue weighted by molar-refractivity contribution is -0.379. The number of carbonyl (C=O) groups is 1. The lowest BCUT2D eigenvalue weighted by atomic mass is 9.96. The molecule has 19 heteroatoms. The number of unbranched alkanes of at least 4 members (excludes halogenated alkanes) is 32. The van der Waals surface area contributed by atoms with E-state index in [0.717, 1.165) is 57.8 Å². The maximum absolute atomic E-state index is 13.3. The molecule has 0 aromatic rings. The lowest BCUT2D eigenvalue weighted by Gasteiger charge is -2.48. The molecule has 0 spiro atoms. The molecule has 12 N–H and O–H groups in total. The van der Waals surface area contributed by atoms with E-state index in [4.69, 9.17) is 28.4 Å². The van der Waals surface area contributed by atoms with E-state index >= 15 is 0 Å². The molecule has 472 valence electrons. The monoisotopic (exact) mass is 1150 g/mol. The Hall–Kier alpha value is -1.47. The van der Waals surface area contributed by atoms with E-state index < -0.39 is 124 Å². The van der Waals surface area contributed by atoms with E-state index in [2.05, 4.69) is 19.2 Å². The molecule has 1 amide bonds. The summed E-state index contributed by atoms with van der Waals surface area (Å²) in [6.07, 6.45) is 19.8. The summed E-state index contributed by atoms with van der Waals surface area (Å²) in [6.45, 7) is 1.67. The molecule has 17 unspecified atom stereocenters. The molecule has 17 atom stereocenters. The Bertz CT molecular complexity index is 1510. The predicted octanol–water partition coefficient (Wildman–Crippen LogP) is 6.55. The fourth-order valence-electron chi connectivity index (χ4n) is 11.1. The normalized spacial score (nSPS) is 30.0. The summed E-state index contributed by atoms with van der Waals surface area (Å²) in [4.78, 5) is 13.3. The highest BCUT2D eigenvalue weighted by Crippen LogP contribution is 2.33. The third-order valence-corrected chi connectivity index (χ3v) is 16.3. The van der Waals surface area contributed by atoms with Crippen LogP contribution in [0.4, 0.5) is 0 Å². The number of amides is 1. The highest BCUT2D eigenvalue weighted by Gasteiger charge is 2.53. The number of carbonyl (C=O) groups excluding carboxylic acids is 1. The number of allylic oxidation sites excluding steroid dienone is 1. The van der Waals surface area contributed by atoms with Crippen LogP contribution in [0.3, 0.4) is 0 Å². The molecule has 3 aliphatic rings. The molecule has 0 aromatic heterocycles. The summed E-state index contributed by atoms with van der Waals surface area (Å²) in [5.41, 5.74) is 0. The quantitative estimate of drug-likeness (QED) is 0.0227. The molecule has 0 aliphatic carbocycles. The van der Waals surface area contributed by atoms with Crippen LogP contribution in [-0.4, -0.2) is 193 Å². The van der Waals surface area contributed by atoms with Gasteiger partial charge in [0, 0.05) is 6.42 Å². The van der Waals surface area contributed by atoms with Gasteiger partial charge in [-0.1, -0.05) is 225 Å². The maximum atomic E-state index is 13.3. The van der Waals surface area contributed by atoms with E-state index in [1.807, 2.05) is 6.08 Å². The number of rotatable bonds is 48. The summed E-state index contributed by atoms with van der Waals surface area (Å²) < 4.78 is 34.1. The number of aliphatic hydroxyl groups excluding tert-OH is 11. The average Bonchev–Trinajstić information content (AvgIpc) is 3.47. The first kappa shape index (κ1) is 72.8. The SMILES string of the molecule is CCCCCCC/C=C/C(O)C(COC1OC(CO)C(OC2OC(CO)C(OC3OC(CO)C(O)C(O)C3O)C(O)C2O)C(O)C1O)NC(=O)CCCCCCCCCCCCCCCCCCCCCCCCCCCCCC. The van der Waals surface area contributed by atoms with Crippen molar-refractivity contribution in [3.8, 4) is 0 Å². The van der Waals surface area contributed by atoms with Crippen LogP contribution in [0.25, 0.3) is 0 Å². The van der Waals surface area contributed by atoms with Gasteiger partial charge in [-0.05, 0) is 19.3 Å². The molecule has 0 saturated carbocycles. The van der Waals surface area contributed by atoms with Crippen molar-refractivity contribution in [2.45, 2.75) is 343 Å². The summed E-state index contributed by atoms with van der Waals surface area (Å²) in [6, 6.07) is -0.965. The Morgan fingerprint density at radius 2 is 0.775 bits per heavy atom. The van der Waals surface area contributed by atoms with Crippen LogP contribution >= 0.6 is 0 Å². The average molecular weight is 1150 g/mol. The summed E-state index contributed by atoms with van der Waals surface area (Å²) in [5, 5.41) is 120. The first-order valence-corrected chi connectivity index (χ1v) is 31.9. The molecule has 3 rings (SSSR count). The van der Waals surface area contributed by atoms with Gasteiger partial charge in [-0.25, -0.2) is 0 Å². The van der Waals surface area contributed by atoms with Gasteiger partial charge in [0.1, 0.15) is 73.2 Å². The molecule has 19 nitrogen and oxygen atoms in total. The van der Waals surface area contributed by atoms with Crippen molar-refractivity contribution in [3.63, 3.8) is 0 Å². The highest BCUT2D eigenvalue weighted by atomic mass is 16.8. The van der Waals surface area contributed by atoms with E-state index in [1.54, 1.807) is 6.08 Å². The Morgan fingerprint density at radius 3 is 1.18 bits per heavy atom. The molecule has 3 fully saturated rings. The van der Waals surface area contributed by atoms with Crippen LogP contribution in [0.1, 0.15) is 239 Å². The van der Waals surface area contributed by atoms with Crippen LogP contribution < -0.4 is 5.32 Å². The zero-order chi connectivity index (χ0) is 58.3. The minimum absolute atomic E-state index is 0.248. The Labute approximate surface area is 480 Å². The summed E-state index contributed by atoms with van der Waals surface area (Å²) in [5.74, 6) is -0.275. The van der Waals surface area contributed by atoms with E-state index in [1.165, 1.54) is 154 Å². The highest BCUT2D eigenvalue weighted by molar-refractivity contribution is 5.76. The number of ether oxygens (including phenoxy) is 6. The van der Waals surface area contributed by atoms with Crippen molar-refractivity contribution in [1.82, 2.24) is 5.32 Å². The molecule has 0 bridgehead atoms.